The summed E-state index contributed by atoms with van der Waals surface area (Å²) in [6.45, 7) is 0.896. The molecule has 0 fully saturated rings. The summed E-state index contributed by atoms with van der Waals surface area (Å²) in [4.78, 5) is 1.31. The summed E-state index contributed by atoms with van der Waals surface area (Å²) in [5, 5.41) is 11.8. The highest BCUT2D eigenvalue weighted by atomic mass is 35.5. The molecule has 124 valence electrons. The van der Waals surface area contributed by atoms with Crippen molar-refractivity contribution < 1.29 is 4.74 Å². The summed E-state index contributed by atoms with van der Waals surface area (Å²) in [5.41, 5.74) is 10.5. The van der Waals surface area contributed by atoms with Gasteiger partial charge in [-0.25, -0.2) is 0 Å². The van der Waals surface area contributed by atoms with Crippen molar-refractivity contribution >= 4 is 29.2 Å². The number of tetrazole rings is 1. The van der Waals surface area contributed by atoms with E-state index in [1.54, 1.807) is 12.1 Å². The van der Waals surface area contributed by atoms with E-state index in [1.165, 1.54) is 4.79 Å². The third kappa shape index (κ3) is 4.06. The van der Waals surface area contributed by atoms with Gasteiger partial charge in [-0.15, -0.1) is 4.79 Å². The summed E-state index contributed by atoms with van der Waals surface area (Å²) in [7, 11) is 0. The fraction of sp³-hybridized carbons (Fsp3) is 0.133. The molecule has 2 aromatic carbocycles. The fourth-order valence-corrected chi connectivity index (χ4v) is 2.33. The Labute approximate surface area is 148 Å². The smallest absolute Gasteiger partial charge is 0.260 e. The molecule has 0 aliphatic heterocycles. The Bertz CT molecular complexity index is 838. The minimum Gasteiger partial charge on any atom is -0.489 e. The van der Waals surface area contributed by atoms with Crippen LogP contribution in [0, 0.1) is 0 Å². The van der Waals surface area contributed by atoms with Crippen LogP contribution in [0.1, 0.15) is 11.1 Å². The average molecular weight is 365 g/mol. The normalized spacial score (nSPS) is 10.6. The van der Waals surface area contributed by atoms with Gasteiger partial charge in [0.05, 0.1) is 16.6 Å². The van der Waals surface area contributed by atoms with E-state index in [1.807, 2.05) is 30.3 Å². The second kappa shape index (κ2) is 7.37. The molecule has 0 unspecified atom stereocenters. The standard InChI is InChI=1S/C15H14Cl2N6O/c16-13-5-4-11(7-14(13)17)9-24-12-3-1-2-10(6-12)8-19-23-15(18)20-21-22-23/h1-7,19H,8-9H2,(H2,18,20,22). The summed E-state index contributed by atoms with van der Waals surface area (Å²) in [6.07, 6.45) is 0. The van der Waals surface area contributed by atoms with E-state index in [2.05, 4.69) is 21.0 Å². The third-order valence-electron chi connectivity index (χ3n) is 3.21. The number of nitrogens with zero attached hydrogens (tertiary/aromatic N) is 4. The van der Waals surface area contributed by atoms with Crippen molar-refractivity contribution in [3.8, 4) is 5.75 Å². The molecule has 7 nitrogen and oxygen atoms in total. The maximum absolute atomic E-state index is 6.00. The molecule has 1 heterocycles. The van der Waals surface area contributed by atoms with Gasteiger partial charge in [0.1, 0.15) is 12.4 Å². The molecule has 24 heavy (non-hydrogen) atoms. The Morgan fingerprint density at radius 3 is 2.71 bits per heavy atom. The lowest BCUT2D eigenvalue weighted by molar-refractivity contribution is 0.306. The van der Waals surface area contributed by atoms with E-state index in [9.17, 15) is 0 Å². The van der Waals surface area contributed by atoms with Crippen LogP contribution in [0.5, 0.6) is 5.75 Å². The predicted octanol–water partition coefficient (Wildman–Crippen LogP) is 2.88. The first kappa shape index (κ1) is 16.4. The molecule has 3 rings (SSSR count). The predicted molar refractivity (Wildman–Crippen MR) is 92.5 cm³/mol. The van der Waals surface area contributed by atoms with Crippen LogP contribution in [0.4, 0.5) is 5.95 Å². The number of benzene rings is 2. The minimum absolute atomic E-state index is 0.196. The van der Waals surface area contributed by atoms with Gasteiger partial charge in [0.15, 0.2) is 0 Å². The molecule has 3 N–H and O–H groups in total. The average Bonchev–Trinajstić information content (AvgIpc) is 2.99. The van der Waals surface area contributed by atoms with Crippen LogP contribution >= 0.6 is 23.2 Å². The SMILES string of the molecule is Nc1nnnn1NCc1cccc(OCc2ccc(Cl)c(Cl)c2)c1. The van der Waals surface area contributed by atoms with Crippen LogP contribution in [-0.4, -0.2) is 20.3 Å². The Hall–Kier alpha value is -2.51. The number of nitrogens with one attached hydrogen (secondary N) is 1. The zero-order valence-electron chi connectivity index (χ0n) is 12.5. The lowest BCUT2D eigenvalue weighted by Crippen LogP contribution is -2.18. The summed E-state index contributed by atoms with van der Waals surface area (Å²) in [6, 6.07) is 13.1. The van der Waals surface area contributed by atoms with Crippen molar-refractivity contribution in [3.63, 3.8) is 0 Å². The fourth-order valence-electron chi connectivity index (χ4n) is 2.01. The van der Waals surface area contributed by atoms with E-state index in [4.69, 9.17) is 33.7 Å². The monoisotopic (exact) mass is 364 g/mol. The van der Waals surface area contributed by atoms with Gasteiger partial charge in [0.25, 0.3) is 5.95 Å². The number of hydrogen-bond acceptors (Lipinski definition) is 6. The number of nitrogen functional groups attached to an aromatic ring is 1. The number of hydrogen-bond donors (Lipinski definition) is 2. The van der Waals surface area contributed by atoms with E-state index in [-0.39, 0.29) is 5.95 Å². The molecule has 0 amide bonds. The molecular formula is C15H14Cl2N6O. The Morgan fingerprint density at radius 2 is 1.96 bits per heavy atom. The molecule has 0 spiro atoms. The first-order chi connectivity index (χ1) is 11.6. The first-order valence-electron chi connectivity index (χ1n) is 7.05. The van der Waals surface area contributed by atoms with E-state index < -0.39 is 0 Å². The summed E-state index contributed by atoms with van der Waals surface area (Å²) >= 11 is 11.9. The van der Waals surface area contributed by atoms with Gasteiger partial charge in [-0.3, -0.25) is 0 Å². The zero-order chi connectivity index (χ0) is 16.9. The molecule has 0 aliphatic carbocycles. The quantitative estimate of drug-likeness (QED) is 0.698. The van der Waals surface area contributed by atoms with Crippen molar-refractivity contribution in [2.75, 3.05) is 11.2 Å². The molecule has 0 saturated carbocycles. The molecular weight excluding hydrogens is 351 g/mol. The largest absolute Gasteiger partial charge is 0.489 e. The molecule has 3 aromatic rings. The Kier molecular flexibility index (Phi) is 5.02. The molecule has 0 bridgehead atoms. The highest BCUT2D eigenvalue weighted by Gasteiger charge is 2.03. The first-order valence-corrected chi connectivity index (χ1v) is 7.81. The van der Waals surface area contributed by atoms with Gasteiger partial charge < -0.3 is 15.9 Å². The zero-order valence-corrected chi connectivity index (χ0v) is 14.0. The highest BCUT2D eigenvalue weighted by molar-refractivity contribution is 6.42. The van der Waals surface area contributed by atoms with Crippen molar-refractivity contribution in [2.24, 2.45) is 0 Å². The molecule has 0 saturated heterocycles. The molecule has 0 atom stereocenters. The van der Waals surface area contributed by atoms with Crippen LogP contribution in [0.2, 0.25) is 10.0 Å². The van der Waals surface area contributed by atoms with Gasteiger partial charge >= 0.3 is 0 Å². The number of anilines is 1. The second-order valence-corrected chi connectivity index (χ2v) is 5.78. The van der Waals surface area contributed by atoms with Crippen LogP contribution in [0.15, 0.2) is 42.5 Å². The van der Waals surface area contributed by atoms with E-state index in [0.29, 0.717) is 23.2 Å². The lowest BCUT2D eigenvalue weighted by Gasteiger charge is -2.10. The van der Waals surface area contributed by atoms with Crippen LogP contribution in [-0.2, 0) is 13.2 Å². The minimum atomic E-state index is 0.196. The molecule has 0 radical (unpaired) electrons. The van der Waals surface area contributed by atoms with Gasteiger partial charge in [-0.1, -0.05) is 46.5 Å². The topological polar surface area (TPSA) is 90.9 Å². The number of rotatable bonds is 6. The highest BCUT2D eigenvalue weighted by Crippen LogP contribution is 2.23. The number of halogens is 2. The van der Waals surface area contributed by atoms with E-state index in [0.717, 1.165) is 16.9 Å². The van der Waals surface area contributed by atoms with Crippen LogP contribution in [0.25, 0.3) is 0 Å². The van der Waals surface area contributed by atoms with Gasteiger partial charge in [0, 0.05) is 0 Å². The van der Waals surface area contributed by atoms with Crippen molar-refractivity contribution in [1.82, 2.24) is 20.3 Å². The Balaban J connectivity index is 1.60. The van der Waals surface area contributed by atoms with Gasteiger partial charge in [0.2, 0.25) is 0 Å². The molecule has 9 heteroatoms. The van der Waals surface area contributed by atoms with Crippen LogP contribution < -0.4 is 15.9 Å². The summed E-state index contributed by atoms with van der Waals surface area (Å²) < 4.78 is 5.79. The maximum atomic E-state index is 6.00. The van der Waals surface area contributed by atoms with Crippen molar-refractivity contribution in [2.45, 2.75) is 13.2 Å². The Morgan fingerprint density at radius 1 is 1.08 bits per heavy atom. The lowest BCUT2D eigenvalue weighted by atomic mass is 10.2. The van der Waals surface area contributed by atoms with Gasteiger partial charge in [-0.05, 0) is 45.8 Å². The second-order valence-electron chi connectivity index (χ2n) is 4.97. The van der Waals surface area contributed by atoms with Crippen LogP contribution in [0.3, 0.4) is 0 Å². The number of ether oxygens (including phenoxy) is 1. The number of aromatic nitrogens is 4. The third-order valence-corrected chi connectivity index (χ3v) is 3.95. The molecule has 1 aromatic heterocycles. The molecule has 0 aliphatic rings. The summed E-state index contributed by atoms with van der Waals surface area (Å²) in [5.74, 6) is 0.937. The maximum Gasteiger partial charge on any atom is 0.260 e. The van der Waals surface area contributed by atoms with Crippen molar-refractivity contribution in [1.29, 1.82) is 0 Å². The number of nitrogens with two attached hydrogens (primary N) is 1. The van der Waals surface area contributed by atoms with E-state index >= 15 is 0 Å². The van der Waals surface area contributed by atoms with Gasteiger partial charge in [-0.2, -0.15) is 0 Å². The van der Waals surface area contributed by atoms with Crippen molar-refractivity contribution in [3.05, 3.63) is 63.6 Å².